The molecule has 1 atom stereocenters. The van der Waals surface area contributed by atoms with Crippen molar-refractivity contribution in [2.45, 2.75) is 43.5 Å². The minimum absolute atomic E-state index is 0.0644. The maximum atomic E-state index is 12.4. The zero-order chi connectivity index (χ0) is 20.2. The number of sulfonamides is 1. The van der Waals surface area contributed by atoms with Crippen LogP contribution < -0.4 is 0 Å². The second-order valence-electron chi connectivity index (χ2n) is 6.65. The van der Waals surface area contributed by atoms with E-state index in [1.807, 2.05) is 6.92 Å². The maximum Gasteiger partial charge on any atom is 0.340 e. The summed E-state index contributed by atoms with van der Waals surface area (Å²) in [6.07, 6.45) is 3.83. The van der Waals surface area contributed by atoms with Gasteiger partial charge in [-0.2, -0.15) is 0 Å². The topological polar surface area (TPSA) is 84.0 Å². The van der Waals surface area contributed by atoms with Crippen LogP contribution in [0.1, 0.15) is 43.0 Å². The van der Waals surface area contributed by atoms with Gasteiger partial charge in [-0.25, -0.2) is 17.5 Å². The largest absolute Gasteiger partial charge is 0.452 e. The van der Waals surface area contributed by atoms with Crippen LogP contribution in [0.4, 0.5) is 0 Å². The minimum atomic E-state index is -3.72. The lowest BCUT2D eigenvalue weighted by Gasteiger charge is -2.35. The fourth-order valence-corrected chi connectivity index (χ4v) is 4.20. The van der Waals surface area contributed by atoms with E-state index >= 15 is 0 Å². The standard InChI is InChI=1S/C18H25ClN2O5S/c1-4-13-7-5-6-10-21(13)17(22)12-26-18(23)15-11-14(8-9-16(15)19)27(24,25)20(2)3/h8-9,11,13H,4-7,10,12H2,1-3H3. The molecule has 1 saturated heterocycles. The number of hydrogen-bond donors (Lipinski definition) is 0. The molecule has 0 bridgehead atoms. The van der Waals surface area contributed by atoms with Crippen molar-refractivity contribution in [1.29, 1.82) is 0 Å². The third-order valence-electron chi connectivity index (χ3n) is 4.68. The molecule has 27 heavy (non-hydrogen) atoms. The van der Waals surface area contributed by atoms with Crippen LogP contribution in [-0.4, -0.2) is 62.8 Å². The van der Waals surface area contributed by atoms with Crippen LogP contribution in [-0.2, 0) is 19.6 Å². The second-order valence-corrected chi connectivity index (χ2v) is 9.21. The first-order valence-corrected chi connectivity index (χ1v) is 10.7. The number of ether oxygens (including phenoxy) is 1. The van der Waals surface area contributed by atoms with Gasteiger partial charge in [0.2, 0.25) is 10.0 Å². The molecule has 0 saturated carbocycles. The van der Waals surface area contributed by atoms with Crippen LogP contribution >= 0.6 is 11.6 Å². The van der Waals surface area contributed by atoms with E-state index in [1.165, 1.54) is 32.3 Å². The minimum Gasteiger partial charge on any atom is -0.452 e. The van der Waals surface area contributed by atoms with E-state index in [2.05, 4.69) is 0 Å². The molecule has 0 N–H and O–H groups in total. The molecule has 1 fully saturated rings. The van der Waals surface area contributed by atoms with E-state index < -0.39 is 22.6 Å². The summed E-state index contributed by atoms with van der Waals surface area (Å²) in [6.45, 7) is 2.29. The van der Waals surface area contributed by atoms with Gasteiger partial charge in [-0.05, 0) is 43.9 Å². The Kier molecular flexibility index (Phi) is 7.25. The SMILES string of the molecule is CCC1CCCCN1C(=O)COC(=O)c1cc(S(=O)(=O)N(C)C)ccc1Cl. The molecule has 1 aliphatic rings. The number of hydrogen-bond acceptors (Lipinski definition) is 5. The Morgan fingerprint density at radius 1 is 1.30 bits per heavy atom. The predicted octanol–water partition coefficient (Wildman–Crippen LogP) is 2.54. The zero-order valence-electron chi connectivity index (χ0n) is 15.8. The van der Waals surface area contributed by atoms with Crippen molar-refractivity contribution in [2.75, 3.05) is 27.2 Å². The highest BCUT2D eigenvalue weighted by molar-refractivity contribution is 7.89. The summed E-state index contributed by atoms with van der Waals surface area (Å²) in [5, 5.41) is 0.0644. The Hall–Kier alpha value is -1.64. The average Bonchev–Trinajstić information content (AvgIpc) is 2.65. The van der Waals surface area contributed by atoms with Gasteiger partial charge >= 0.3 is 5.97 Å². The van der Waals surface area contributed by atoms with Gasteiger partial charge in [0.1, 0.15) is 0 Å². The number of benzene rings is 1. The molecule has 0 aromatic heterocycles. The molecule has 1 unspecified atom stereocenters. The second kappa shape index (κ2) is 9.03. The van der Waals surface area contributed by atoms with Gasteiger partial charge in [-0.15, -0.1) is 0 Å². The van der Waals surface area contributed by atoms with Crippen LogP contribution in [0.3, 0.4) is 0 Å². The summed E-state index contributed by atoms with van der Waals surface area (Å²) in [7, 11) is -0.933. The Morgan fingerprint density at radius 2 is 2.00 bits per heavy atom. The number of piperidine rings is 1. The van der Waals surface area contributed by atoms with E-state index in [0.717, 1.165) is 30.0 Å². The van der Waals surface area contributed by atoms with Crippen molar-refractivity contribution < 1.29 is 22.7 Å². The Balaban J connectivity index is 2.11. The van der Waals surface area contributed by atoms with Gasteiger partial charge in [0.15, 0.2) is 6.61 Å². The number of carbonyl (C=O) groups is 2. The van der Waals surface area contributed by atoms with Crippen LogP contribution in [0.15, 0.2) is 23.1 Å². The van der Waals surface area contributed by atoms with Gasteiger partial charge in [0.25, 0.3) is 5.91 Å². The number of rotatable bonds is 6. The zero-order valence-corrected chi connectivity index (χ0v) is 17.3. The molecular weight excluding hydrogens is 392 g/mol. The summed E-state index contributed by atoms with van der Waals surface area (Å²) < 4.78 is 30.6. The number of amides is 1. The predicted molar refractivity (Wildman–Crippen MR) is 102 cm³/mol. The number of likely N-dealkylation sites (tertiary alicyclic amines) is 1. The normalized spacial score (nSPS) is 17.8. The van der Waals surface area contributed by atoms with Gasteiger partial charge in [-0.1, -0.05) is 18.5 Å². The van der Waals surface area contributed by atoms with E-state index in [1.54, 1.807) is 4.90 Å². The summed E-state index contributed by atoms with van der Waals surface area (Å²) in [5.74, 6) is -1.07. The fourth-order valence-electron chi connectivity index (χ4n) is 3.07. The molecule has 0 aliphatic carbocycles. The van der Waals surface area contributed by atoms with Crippen LogP contribution in [0.25, 0.3) is 0 Å². The maximum absolute atomic E-state index is 12.4. The lowest BCUT2D eigenvalue weighted by molar-refractivity contribution is -0.138. The number of halogens is 1. The van der Waals surface area contributed by atoms with E-state index in [-0.39, 0.29) is 27.4 Å². The van der Waals surface area contributed by atoms with E-state index in [9.17, 15) is 18.0 Å². The first-order valence-electron chi connectivity index (χ1n) is 8.87. The summed E-state index contributed by atoms with van der Waals surface area (Å²) in [5.41, 5.74) is -0.0851. The van der Waals surface area contributed by atoms with Gasteiger partial charge in [-0.3, -0.25) is 4.79 Å². The third-order valence-corrected chi connectivity index (χ3v) is 6.82. The van der Waals surface area contributed by atoms with Crippen molar-refractivity contribution >= 4 is 33.5 Å². The lowest BCUT2D eigenvalue weighted by Crippen LogP contribution is -2.45. The number of carbonyl (C=O) groups excluding carboxylic acids is 2. The molecule has 1 aromatic rings. The molecule has 0 spiro atoms. The molecule has 9 heteroatoms. The monoisotopic (exact) mass is 416 g/mol. The average molecular weight is 417 g/mol. The summed E-state index contributed by atoms with van der Waals surface area (Å²) >= 11 is 6.03. The Labute approximate surface area is 165 Å². The van der Waals surface area contributed by atoms with Crippen molar-refractivity contribution in [3.05, 3.63) is 28.8 Å². The molecule has 0 radical (unpaired) electrons. The lowest BCUT2D eigenvalue weighted by atomic mass is 10.00. The smallest absolute Gasteiger partial charge is 0.340 e. The van der Waals surface area contributed by atoms with Gasteiger partial charge in [0.05, 0.1) is 15.5 Å². The fraction of sp³-hybridized carbons (Fsp3) is 0.556. The first-order chi connectivity index (χ1) is 12.7. The number of nitrogens with zero attached hydrogens (tertiary/aromatic N) is 2. The third kappa shape index (κ3) is 5.00. The van der Waals surface area contributed by atoms with E-state index in [4.69, 9.17) is 16.3 Å². The molecule has 1 amide bonds. The van der Waals surface area contributed by atoms with Crippen molar-refractivity contribution in [1.82, 2.24) is 9.21 Å². The van der Waals surface area contributed by atoms with Crippen LogP contribution in [0, 0.1) is 0 Å². The van der Waals surface area contributed by atoms with Crippen molar-refractivity contribution in [3.63, 3.8) is 0 Å². The molecule has 1 aliphatic heterocycles. The summed E-state index contributed by atoms with van der Waals surface area (Å²) in [4.78, 5) is 26.5. The van der Waals surface area contributed by atoms with Gasteiger partial charge in [0, 0.05) is 26.7 Å². The number of esters is 1. The molecule has 7 nitrogen and oxygen atoms in total. The molecule has 1 heterocycles. The first kappa shape index (κ1) is 21.7. The quantitative estimate of drug-likeness (QED) is 0.665. The molecule has 2 rings (SSSR count). The Morgan fingerprint density at radius 3 is 2.63 bits per heavy atom. The van der Waals surface area contributed by atoms with Crippen LogP contribution in [0.5, 0.6) is 0 Å². The van der Waals surface area contributed by atoms with E-state index in [0.29, 0.717) is 6.54 Å². The van der Waals surface area contributed by atoms with Crippen molar-refractivity contribution in [3.8, 4) is 0 Å². The van der Waals surface area contributed by atoms with Gasteiger partial charge < -0.3 is 9.64 Å². The summed E-state index contributed by atoms with van der Waals surface area (Å²) in [6, 6.07) is 3.98. The highest BCUT2D eigenvalue weighted by Crippen LogP contribution is 2.23. The molecule has 1 aromatic carbocycles. The van der Waals surface area contributed by atoms with Crippen LogP contribution in [0.2, 0.25) is 5.02 Å². The highest BCUT2D eigenvalue weighted by Gasteiger charge is 2.27. The Bertz CT molecular complexity index is 810. The molecular formula is C18H25ClN2O5S. The van der Waals surface area contributed by atoms with Crippen molar-refractivity contribution in [2.24, 2.45) is 0 Å². The highest BCUT2D eigenvalue weighted by atomic mass is 35.5. The molecule has 150 valence electrons.